The molecule has 0 atom stereocenters. The van der Waals surface area contributed by atoms with Gasteiger partial charge in [-0.25, -0.2) is 18.2 Å². The molecule has 8 nitrogen and oxygen atoms in total. The van der Waals surface area contributed by atoms with Crippen LogP contribution in [0, 0.1) is 0 Å². The third-order valence-corrected chi connectivity index (χ3v) is 8.62. The number of rotatable bonds is 16. The lowest BCUT2D eigenvalue weighted by molar-refractivity contribution is -0.929. The second kappa shape index (κ2) is 18.1. The molecule has 3 aromatic rings. The third-order valence-electron chi connectivity index (χ3n) is 7.05. The number of nitrogens with zero attached hydrogens (tertiary/aromatic N) is 2. The van der Waals surface area contributed by atoms with Crippen LogP contribution in [0.2, 0.25) is 0 Å². The maximum Gasteiger partial charge on any atom is 0.320 e. The van der Waals surface area contributed by atoms with Crippen molar-refractivity contribution in [2.45, 2.75) is 79.1 Å². The van der Waals surface area contributed by atoms with Crippen molar-refractivity contribution >= 4 is 43.4 Å². The first-order valence-electron chi connectivity index (χ1n) is 14.9. The fourth-order valence-corrected chi connectivity index (χ4v) is 6.04. The van der Waals surface area contributed by atoms with Gasteiger partial charge in [-0.3, -0.25) is 0 Å². The standard InChI is InChI=1S/C16H36N.C15H13N3O4S2/c1-5-9-13-17(14-10-6-2,15-11-7-3)16-12-8-4;19-15(16-9-24(20,21)22)18-11-6-2-1-5-10(11)14-17-12-7-3-4-8-13(12)23-14/h5-16H2,1-4H3;1-8H,9H2,(H2,16,18,19)(H,20,21,22)/q+1;/p-1. The fraction of sp³-hybridized carbons (Fsp3) is 0.548. The first-order chi connectivity index (χ1) is 19.7. The van der Waals surface area contributed by atoms with E-state index in [1.807, 2.05) is 35.6 Å². The monoisotopic (exact) mass is 604 g/mol. The molecule has 0 aliphatic rings. The molecule has 2 N–H and O–H groups in total. The van der Waals surface area contributed by atoms with Gasteiger partial charge in [-0.1, -0.05) is 77.6 Å². The van der Waals surface area contributed by atoms with Gasteiger partial charge in [0.25, 0.3) is 0 Å². The molecule has 0 aliphatic heterocycles. The molecule has 10 heteroatoms. The smallest absolute Gasteiger partial charge is 0.320 e. The second-order valence-corrected chi connectivity index (χ2v) is 13.0. The lowest BCUT2D eigenvalue weighted by Crippen LogP contribution is -2.50. The van der Waals surface area contributed by atoms with Gasteiger partial charge in [0, 0.05) is 5.56 Å². The first-order valence-corrected chi connectivity index (χ1v) is 17.3. The number of amides is 2. The summed E-state index contributed by atoms with van der Waals surface area (Å²) < 4.78 is 34.1. The highest BCUT2D eigenvalue weighted by atomic mass is 32.2. The number of aromatic nitrogens is 1. The molecule has 0 spiro atoms. The van der Waals surface area contributed by atoms with E-state index in [-0.39, 0.29) is 0 Å². The second-order valence-electron chi connectivity index (χ2n) is 10.5. The number of nitrogens with one attached hydrogen (secondary N) is 2. The quantitative estimate of drug-likeness (QED) is 0.129. The van der Waals surface area contributed by atoms with Crippen molar-refractivity contribution in [2.75, 3.05) is 37.4 Å². The Morgan fingerprint density at radius 2 is 1.34 bits per heavy atom. The summed E-state index contributed by atoms with van der Waals surface area (Å²) in [6.07, 6.45) is 11.1. The summed E-state index contributed by atoms with van der Waals surface area (Å²) in [7, 11) is -4.52. The van der Waals surface area contributed by atoms with Crippen molar-refractivity contribution < 1.29 is 22.2 Å². The van der Waals surface area contributed by atoms with Gasteiger partial charge in [0.2, 0.25) is 0 Å². The normalized spacial score (nSPS) is 11.6. The van der Waals surface area contributed by atoms with Crippen LogP contribution in [0.25, 0.3) is 20.8 Å². The molecule has 0 unspecified atom stereocenters. The van der Waals surface area contributed by atoms with E-state index in [0.29, 0.717) is 11.3 Å². The Morgan fingerprint density at radius 3 is 1.85 bits per heavy atom. The molecule has 0 saturated carbocycles. The van der Waals surface area contributed by atoms with Crippen molar-refractivity contribution in [3.63, 3.8) is 0 Å². The van der Waals surface area contributed by atoms with Crippen LogP contribution in [0.3, 0.4) is 0 Å². The van der Waals surface area contributed by atoms with Gasteiger partial charge < -0.3 is 19.7 Å². The SMILES string of the molecule is CCCC[N+](CCCC)(CCCC)CCCC.O=C(NCS(=O)(=O)[O-])Nc1ccccc1-c1nc2ccccc2s1. The first kappa shape index (κ1) is 34.7. The molecule has 2 aromatic carbocycles. The van der Waals surface area contributed by atoms with Gasteiger partial charge in [-0.2, -0.15) is 0 Å². The Morgan fingerprint density at radius 1 is 0.829 bits per heavy atom. The predicted octanol–water partition coefficient (Wildman–Crippen LogP) is 7.59. The fourth-order valence-electron chi connectivity index (χ4n) is 4.73. The van der Waals surface area contributed by atoms with Gasteiger partial charge >= 0.3 is 6.03 Å². The average molecular weight is 605 g/mol. The number of para-hydroxylation sites is 2. The number of hydrogen-bond donors (Lipinski definition) is 2. The van der Waals surface area contributed by atoms with Crippen molar-refractivity contribution in [1.29, 1.82) is 0 Å². The summed E-state index contributed by atoms with van der Waals surface area (Å²) in [6, 6.07) is 13.9. The Hall–Kier alpha value is -2.53. The van der Waals surface area contributed by atoms with Gasteiger partial charge in [-0.05, 0) is 49.9 Å². The summed E-state index contributed by atoms with van der Waals surface area (Å²) in [6.45, 7) is 15.0. The van der Waals surface area contributed by atoms with E-state index in [2.05, 4.69) is 38.0 Å². The van der Waals surface area contributed by atoms with Crippen LogP contribution in [0.5, 0.6) is 0 Å². The number of thiazole rings is 1. The zero-order valence-electron chi connectivity index (χ0n) is 25.2. The van der Waals surface area contributed by atoms with E-state index < -0.39 is 22.0 Å². The maximum absolute atomic E-state index is 11.8. The Kier molecular flexibility index (Phi) is 15.3. The highest BCUT2D eigenvalue weighted by Crippen LogP contribution is 2.34. The zero-order valence-corrected chi connectivity index (χ0v) is 26.8. The van der Waals surface area contributed by atoms with Crippen molar-refractivity contribution in [3.8, 4) is 10.6 Å². The summed E-state index contributed by atoms with van der Waals surface area (Å²) >= 11 is 1.48. The molecule has 41 heavy (non-hydrogen) atoms. The summed E-state index contributed by atoms with van der Waals surface area (Å²) in [5.41, 5.74) is 2.03. The van der Waals surface area contributed by atoms with Crippen LogP contribution in [-0.2, 0) is 10.1 Å². The summed E-state index contributed by atoms with van der Waals surface area (Å²) in [4.78, 5) is 16.3. The van der Waals surface area contributed by atoms with Crippen LogP contribution in [-0.4, -0.2) is 60.5 Å². The number of benzene rings is 2. The molecular weight excluding hydrogens is 556 g/mol. The highest BCUT2D eigenvalue weighted by Gasteiger charge is 2.24. The van der Waals surface area contributed by atoms with Crippen LogP contribution in [0.15, 0.2) is 48.5 Å². The van der Waals surface area contributed by atoms with Crippen LogP contribution in [0.4, 0.5) is 10.5 Å². The molecule has 0 radical (unpaired) electrons. The van der Waals surface area contributed by atoms with Gasteiger partial charge in [0.05, 0.1) is 42.1 Å². The molecule has 1 aromatic heterocycles. The number of fused-ring (bicyclic) bond motifs is 1. The number of unbranched alkanes of at least 4 members (excludes halogenated alkanes) is 4. The number of urea groups is 1. The molecule has 2 amide bonds. The molecule has 3 rings (SSSR count). The number of carbonyl (C=O) groups excluding carboxylic acids is 1. The van der Waals surface area contributed by atoms with E-state index in [0.717, 1.165) is 15.2 Å². The van der Waals surface area contributed by atoms with Gasteiger partial charge in [-0.15, -0.1) is 11.3 Å². The zero-order chi connectivity index (χ0) is 30.1. The van der Waals surface area contributed by atoms with Gasteiger partial charge in [0.1, 0.15) is 21.0 Å². The largest absolute Gasteiger partial charge is 0.747 e. The molecule has 0 aliphatic carbocycles. The number of anilines is 1. The third kappa shape index (κ3) is 12.5. The lowest BCUT2D eigenvalue weighted by Gasteiger charge is -2.39. The molecule has 0 fully saturated rings. The van der Waals surface area contributed by atoms with E-state index in [1.54, 1.807) is 18.2 Å². The van der Waals surface area contributed by atoms with Crippen LogP contribution in [0.1, 0.15) is 79.1 Å². The highest BCUT2D eigenvalue weighted by molar-refractivity contribution is 7.85. The molecule has 1 heterocycles. The van der Waals surface area contributed by atoms with Crippen LogP contribution >= 0.6 is 11.3 Å². The molecular formula is C31H48N4O4S2. The average Bonchev–Trinajstić information content (AvgIpc) is 3.40. The Labute approximate surface area is 250 Å². The molecule has 228 valence electrons. The lowest BCUT2D eigenvalue weighted by atomic mass is 10.1. The van der Waals surface area contributed by atoms with E-state index in [1.165, 1.54) is 93.4 Å². The van der Waals surface area contributed by atoms with E-state index in [4.69, 9.17) is 0 Å². The predicted molar refractivity (Wildman–Crippen MR) is 171 cm³/mol. The summed E-state index contributed by atoms with van der Waals surface area (Å²) in [5.74, 6) is -0.970. The summed E-state index contributed by atoms with van der Waals surface area (Å²) in [5, 5.41) is 5.27. The van der Waals surface area contributed by atoms with Crippen molar-refractivity contribution in [1.82, 2.24) is 10.3 Å². The number of carbonyl (C=O) groups is 1. The van der Waals surface area contributed by atoms with Crippen molar-refractivity contribution in [2.24, 2.45) is 0 Å². The Bertz CT molecular complexity index is 1220. The molecule has 0 bridgehead atoms. The minimum Gasteiger partial charge on any atom is -0.747 e. The van der Waals surface area contributed by atoms with E-state index in [9.17, 15) is 17.8 Å². The number of quaternary nitrogens is 1. The van der Waals surface area contributed by atoms with Crippen molar-refractivity contribution in [3.05, 3.63) is 48.5 Å². The van der Waals surface area contributed by atoms with Gasteiger partial charge in [0.15, 0.2) is 0 Å². The Balaban J connectivity index is 0.000000307. The topological polar surface area (TPSA) is 111 Å². The van der Waals surface area contributed by atoms with Crippen LogP contribution < -0.4 is 10.6 Å². The minimum absolute atomic E-state index is 0.470. The molecule has 0 saturated heterocycles. The number of hydrogen-bond acceptors (Lipinski definition) is 6. The van der Waals surface area contributed by atoms with E-state index >= 15 is 0 Å². The minimum atomic E-state index is -4.52. The maximum atomic E-state index is 11.8.